The Morgan fingerprint density at radius 2 is 2.11 bits per heavy atom. The molecule has 0 N–H and O–H groups in total. The second kappa shape index (κ2) is 7.25. The molecule has 2 fully saturated rings. The summed E-state index contributed by atoms with van der Waals surface area (Å²) in [4.78, 5) is 16.7. The Balaban J connectivity index is 1.86. The maximum absolute atomic E-state index is 12.1. The van der Waals surface area contributed by atoms with Crippen molar-refractivity contribution >= 4 is 5.91 Å². The maximum atomic E-state index is 12.1. The lowest BCUT2D eigenvalue weighted by atomic mass is 9.96. The van der Waals surface area contributed by atoms with Crippen LogP contribution in [-0.4, -0.2) is 61.6 Å². The third-order valence-corrected chi connectivity index (χ3v) is 4.55. The fraction of sp³-hybridized carbons (Fsp3) is 0.933. The smallest absolute Gasteiger partial charge is 0.222 e. The Morgan fingerprint density at radius 3 is 2.84 bits per heavy atom. The van der Waals surface area contributed by atoms with Gasteiger partial charge in [-0.15, -0.1) is 0 Å². The SMILES string of the molecule is COCCN1CCC(N2CCCC(C)C2)CCC1=O. The van der Waals surface area contributed by atoms with Crippen LogP contribution in [-0.2, 0) is 9.53 Å². The molecule has 2 atom stereocenters. The molecule has 2 unspecified atom stereocenters. The van der Waals surface area contributed by atoms with Crippen molar-refractivity contribution in [2.75, 3.05) is 39.9 Å². The predicted molar refractivity (Wildman–Crippen MR) is 76.1 cm³/mol. The monoisotopic (exact) mass is 268 g/mol. The summed E-state index contributed by atoms with van der Waals surface area (Å²) in [6.45, 7) is 7.09. The fourth-order valence-corrected chi connectivity index (χ4v) is 3.38. The van der Waals surface area contributed by atoms with Crippen LogP contribution in [0.3, 0.4) is 0 Å². The van der Waals surface area contributed by atoms with Crippen molar-refractivity contribution in [2.45, 2.75) is 45.1 Å². The number of hydrogen-bond acceptors (Lipinski definition) is 3. The summed E-state index contributed by atoms with van der Waals surface area (Å²) in [5.41, 5.74) is 0. The van der Waals surface area contributed by atoms with E-state index in [9.17, 15) is 4.79 Å². The van der Waals surface area contributed by atoms with Crippen LogP contribution in [0.25, 0.3) is 0 Å². The van der Waals surface area contributed by atoms with Gasteiger partial charge in [-0.2, -0.15) is 0 Å². The van der Waals surface area contributed by atoms with E-state index in [0.717, 1.165) is 31.8 Å². The molecule has 0 aromatic heterocycles. The second-order valence-corrected chi connectivity index (χ2v) is 6.10. The van der Waals surface area contributed by atoms with Gasteiger partial charge in [0.2, 0.25) is 5.91 Å². The van der Waals surface area contributed by atoms with E-state index in [0.29, 0.717) is 25.0 Å². The summed E-state index contributed by atoms with van der Waals surface area (Å²) in [7, 11) is 1.69. The molecule has 2 heterocycles. The molecule has 4 heteroatoms. The molecule has 1 amide bonds. The molecule has 19 heavy (non-hydrogen) atoms. The predicted octanol–water partition coefficient (Wildman–Crippen LogP) is 1.75. The molecule has 2 aliphatic rings. The van der Waals surface area contributed by atoms with Gasteiger partial charge in [0, 0.05) is 39.2 Å². The van der Waals surface area contributed by atoms with Crippen molar-refractivity contribution < 1.29 is 9.53 Å². The number of carbonyl (C=O) groups excluding carboxylic acids is 1. The highest BCUT2D eigenvalue weighted by Crippen LogP contribution is 2.23. The number of ether oxygens (including phenoxy) is 1. The van der Waals surface area contributed by atoms with E-state index >= 15 is 0 Å². The zero-order chi connectivity index (χ0) is 13.7. The summed E-state index contributed by atoms with van der Waals surface area (Å²) in [5, 5.41) is 0. The first-order valence-corrected chi connectivity index (χ1v) is 7.71. The van der Waals surface area contributed by atoms with Gasteiger partial charge in [0.15, 0.2) is 0 Å². The van der Waals surface area contributed by atoms with Gasteiger partial charge >= 0.3 is 0 Å². The zero-order valence-corrected chi connectivity index (χ0v) is 12.4. The number of piperidine rings is 1. The van der Waals surface area contributed by atoms with E-state index in [-0.39, 0.29) is 0 Å². The number of nitrogens with zero attached hydrogens (tertiary/aromatic N) is 2. The maximum Gasteiger partial charge on any atom is 0.222 e. The largest absolute Gasteiger partial charge is 0.383 e. The molecule has 0 aliphatic carbocycles. The lowest BCUT2D eigenvalue weighted by molar-refractivity contribution is -0.131. The zero-order valence-electron chi connectivity index (χ0n) is 12.4. The minimum absolute atomic E-state index is 0.310. The molecule has 2 saturated heterocycles. The number of amides is 1. The highest BCUT2D eigenvalue weighted by Gasteiger charge is 2.28. The number of carbonyl (C=O) groups is 1. The lowest BCUT2D eigenvalue weighted by Crippen LogP contribution is -2.42. The summed E-state index contributed by atoms with van der Waals surface area (Å²) < 4.78 is 5.09. The van der Waals surface area contributed by atoms with Gasteiger partial charge in [0.1, 0.15) is 0 Å². The topological polar surface area (TPSA) is 32.8 Å². The Bertz CT molecular complexity index is 296. The van der Waals surface area contributed by atoms with Crippen LogP contribution >= 0.6 is 0 Å². The molecule has 0 aromatic carbocycles. The molecule has 0 radical (unpaired) electrons. The van der Waals surface area contributed by atoms with Crippen LogP contribution in [0.15, 0.2) is 0 Å². The van der Waals surface area contributed by atoms with Gasteiger partial charge in [-0.25, -0.2) is 0 Å². The van der Waals surface area contributed by atoms with Crippen molar-refractivity contribution in [3.05, 3.63) is 0 Å². The molecule has 0 saturated carbocycles. The average molecular weight is 268 g/mol. The summed E-state index contributed by atoms with van der Waals surface area (Å²) in [5.74, 6) is 1.13. The normalized spacial score (nSPS) is 30.4. The van der Waals surface area contributed by atoms with E-state index in [4.69, 9.17) is 4.74 Å². The highest BCUT2D eigenvalue weighted by atomic mass is 16.5. The van der Waals surface area contributed by atoms with E-state index in [1.165, 1.54) is 25.9 Å². The molecule has 2 aliphatic heterocycles. The van der Waals surface area contributed by atoms with E-state index < -0.39 is 0 Å². The molecular formula is C15H28N2O2. The van der Waals surface area contributed by atoms with E-state index in [1.807, 2.05) is 4.90 Å². The van der Waals surface area contributed by atoms with Gasteiger partial charge in [0.25, 0.3) is 0 Å². The molecule has 2 rings (SSSR count). The van der Waals surface area contributed by atoms with Crippen LogP contribution in [0.4, 0.5) is 0 Å². The highest BCUT2D eigenvalue weighted by molar-refractivity contribution is 5.76. The van der Waals surface area contributed by atoms with Crippen molar-refractivity contribution in [3.8, 4) is 0 Å². The van der Waals surface area contributed by atoms with Gasteiger partial charge in [-0.3, -0.25) is 4.79 Å². The van der Waals surface area contributed by atoms with Crippen molar-refractivity contribution in [1.29, 1.82) is 0 Å². The van der Waals surface area contributed by atoms with E-state index in [2.05, 4.69) is 11.8 Å². The minimum Gasteiger partial charge on any atom is -0.383 e. The first kappa shape index (κ1) is 14.8. The van der Waals surface area contributed by atoms with Crippen molar-refractivity contribution in [3.63, 3.8) is 0 Å². The number of hydrogen-bond donors (Lipinski definition) is 0. The first-order valence-electron chi connectivity index (χ1n) is 7.71. The van der Waals surface area contributed by atoms with Gasteiger partial charge in [-0.1, -0.05) is 6.92 Å². The van der Waals surface area contributed by atoms with Crippen LogP contribution < -0.4 is 0 Å². The van der Waals surface area contributed by atoms with Gasteiger partial charge in [-0.05, 0) is 38.1 Å². The minimum atomic E-state index is 0.310. The van der Waals surface area contributed by atoms with Crippen LogP contribution in [0, 0.1) is 5.92 Å². The third-order valence-electron chi connectivity index (χ3n) is 4.55. The molecule has 0 aromatic rings. The van der Waals surface area contributed by atoms with Crippen molar-refractivity contribution in [1.82, 2.24) is 9.80 Å². The van der Waals surface area contributed by atoms with Gasteiger partial charge in [0.05, 0.1) is 6.61 Å². The third kappa shape index (κ3) is 4.18. The lowest BCUT2D eigenvalue weighted by Gasteiger charge is -2.36. The Kier molecular flexibility index (Phi) is 5.64. The Labute approximate surface area is 117 Å². The molecular weight excluding hydrogens is 240 g/mol. The van der Waals surface area contributed by atoms with Crippen molar-refractivity contribution in [2.24, 2.45) is 5.92 Å². The molecule has 0 spiro atoms. The molecule has 110 valence electrons. The van der Waals surface area contributed by atoms with Crippen LogP contribution in [0.5, 0.6) is 0 Å². The average Bonchev–Trinajstić information content (AvgIpc) is 2.59. The number of rotatable bonds is 4. The Hall–Kier alpha value is -0.610. The van der Waals surface area contributed by atoms with E-state index in [1.54, 1.807) is 7.11 Å². The summed E-state index contributed by atoms with van der Waals surface area (Å²) >= 11 is 0. The first-order chi connectivity index (χ1) is 9.20. The summed E-state index contributed by atoms with van der Waals surface area (Å²) in [6.07, 6.45) is 5.55. The Morgan fingerprint density at radius 1 is 1.26 bits per heavy atom. The van der Waals surface area contributed by atoms with Crippen LogP contribution in [0.1, 0.15) is 39.0 Å². The quantitative estimate of drug-likeness (QED) is 0.778. The van der Waals surface area contributed by atoms with Crippen LogP contribution in [0.2, 0.25) is 0 Å². The fourth-order valence-electron chi connectivity index (χ4n) is 3.38. The summed E-state index contributed by atoms with van der Waals surface area (Å²) in [6, 6.07) is 0.610. The number of likely N-dealkylation sites (tertiary alicyclic amines) is 2. The molecule has 0 bridgehead atoms. The van der Waals surface area contributed by atoms with Gasteiger partial charge < -0.3 is 14.5 Å². The number of methoxy groups -OCH3 is 1. The second-order valence-electron chi connectivity index (χ2n) is 6.10. The molecule has 4 nitrogen and oxygen atoms in total. The standard InChI is InChI=1S/C15H28N2O2/c1-13-4-3-8-17(12-13)14-5-6-15(18)16(9-7-14)10-11-19-2/h13-14H,3-12H2,1-2H3.